The fourth-order valence-corrected chi connectivity index (χ4v) is 3.60. The molecular formula is C22H15N. The molecule has 2 aliphatic carbocycles. The summed E-state index contributed by atoms with van der Waals surface area (Å²) in [5, 5.41) is 3.87. The molecular weight excluding hydrogens is 278 g/mol. The lowest BCUT2D eigenvalue weighted by molar-refractivity contribution is 0.949. The lowest BCUT2D eigenvalue weighted by Crippen LogP contribution is -1.95. The Morgan fingerprint density at radius 3 is 2.52 bits per heavy atom. The van der Waals surface area contributed by atoms with Crippen molar-refractivity contribution >= 4 is 33.3 Å². The van der Waals surface area contributed by atoms with Crippen molar-refractivity contribution in [3.63, 3.8) is 0 Å². The molecule has 0 saturated carbocycles. The topological polar surface area (TPSA) is 4.93 Å². The first kappa shape index (κ1) is 12.5. The molecule has 0 unspecified atom stereocenters. The van der Waals surface area contributed by atoms with Gasteiger partial charge in [0.1, 0.15) is 0 Å². The Balaban J connectivity index is 1.95. The normalized spacial score (nSPS) is 15.3. The molecule has 2 aliphatic rings. The molecule has 108 valence electrons. The highest BCUT2D eigenvalue weighted by Crippen LogP contribution is 2.36. The molecule has 3 aromatic rings. The Bertz CT molecular complexity index is 1140. The van der Waals surface area contributed by atoms with E-state index >= 15 is 0 Å². The molecule has 0 atom stereocenters. The average Bonchev–Trinajstić information content (AvgIpc) is 2.79. The van der Waals surface area contributed by atoms with Gasteiger partial charge in [-0.1, -0.05) is 42.5 Å². The summed E-state index contributed by atoms with van der Waals surface area (Å²) >= 11 is 0. The number of hydrogen-bond donors (Lipinski definition) is 0. The van der Waals surface area contributed by atoms with Gasteiger partial charge in [-0.3, -0.25) is 0 Å². The minimum Gasteiger partial charge on any atom is -0.343 e. The average molecular weight is 293 g/mol. The smallest absolute Gasteiger partial charge is 0.0641 e. The number of aryl methyl sites for hydroxylation is 1. The SMILES string of the molecule is Cn1c2c(c3cc4ccccc4cc31)C=CC1=C=C2C=CC=C1. The summed E-state index contributed by atoms with van der Waals surface area (Å²) in [6.45, 7) is 0. The van der Waals surface area contributed by atoms with Gasteiger partial charge in [0.25, 0.3) is 0 Å². The van der Waals surface area contributed by atoms with Crippen molar-refractivity contribution in [2.75, 3.05) is 0 Å². The molecule has 1 nitrogen and oxygen atoms in total. The predicted molar refractivity (Wildman–Crippen MR) is 98.2 cm³/mol. The minimum absolute atomic E-state index is 1.12. The van der Waals surface area contributed by atoms with Crippen LogP contribution in [-0.4, -0.2) is 4.57 Å². The van der Waals surface area contributed by atoms with Crippen molar-refractivity contribution in [1.29, 1.82) is 0 Å². The van der Waals surface area contributed by atoms with Crippen LogP contribution in [0.3, 0.4) is 0 Å². The van der Waals surface area contributed by atoms with Crippen LogP contribution in [0.1, 0.15) is 11.3 Å². The highest BCUT2D eigenvalue weighted by atomic mass is 15.0. The van der Waals surface area contributed by atoms with E-state index in [-0.39, 0.29) is 0 Å². The molecule has 0 saturated heterocycles. The Kier molecular flexibility index (Phi) is 2.44. The van der Waals surface area contributed by atoms with E-state index in [1.54, 1.807) is 0 Å². The Morgan fingerprint density at radius 1 is 0.870 bits per heavy atom. The van der Waals surface area contributed by atoms with Crippen molar-refractivity contribution in [2.45, 2.75) is 0 Å². The van der Waals surface area contributed by atoms with Gasteiger partial charge in [-0.25, -0.2) is 0 Å². The molecule has 0 spiro atoms. The summed E-state index contributed by atoms with van der Waals surface area (Å²) in [6.07, 6.45) is 12.8. The lowest BCUT2D eigenvalue weighted by Gasteiger charge is -2.04. The first-order chi connectivity index (χ1) is 11.3. The van der Waals surface area contributed by atoms with E-state index in [4.69, 9.17) is 0 Å². The third-order valence-electron chi connectivity index (χ3n) is 4.72. The van der Waals surface area contributed by atoms with Gasteiger partial charge in [0.05, 0.1) is 5.69 Å². The highest BCUT2D eigenvalue weighted by Gasteiger charge is 2.18. The van der Waals surface area contributed by atoms with E-state index < -0.39 is 0 Å². The van der Waals surface area contributed by atoms with Crippen LogP contribution in [0.25, 0.3) is 33.3 Å². The third-order valence-corrected chi connectivity index (χ3v) is 4.72. The molecule has 0 fully saturated rings. The summed E-state index contributed by atoms with van der Waals surface area (Å²) < 4.78 is 2.29. The van der Waals surface area contributed by atoms with Crippen molar-refractivity contribution < 1.29 is 0 Å². The van der Waals surface area contributed by atoms with Gasteiger partial charge in [-0.2, -0.15) is 0 Å². The molecule has 1 heterocycles. The van der Waals surface area contributed by atoms with Gasteiger partial charge in [0.2, 0.25) is 0 Å². The molecule has 2 bridgehead atoms. The molecule has 23 heavy (non-hydrogen) atoms. The maximum atomic E-state index is 3.53. The van der Waals surface area contributed by atoms with E-state index in [9.17, 15) is 0 Å². The summed E-state index contributed by atoms with van der Waals surface area (Å²) in [5.74, 6) is 0. The van der Waals surface area contributed by atoms with E-state index in [2.05, 4.69) is 90.2 Å². The standard InChI is InChI=1S/C22H15N/c1-23-21-14-17-8-5-4-7-16(17)13-20(21)19-11-10-15-6-2-3-9-18(12-15)22(19)23/h2-11,13-14H,1H3. The van der Waals surface area contributed by atoms with Crippen LogP contribution in [0.5, 0.6) is 0 Å². The van der Waals surface area contributed by atoms with Crippen molar-refractivity contribution in [2.24, 2.45) is 7.05 Å². The lowest BCUT2D eigenvalue weighted by atomic mass is 10.0. The van der Waals surface area contributed by atoms with Crippen molar-refractivity contribution in [3.05, 3.63) is 89.3 Å². The minimum atomic E-state index is 1.12. The fourth-order valence-electron chi connectivity index (χ4n) is 3.60. The van der Waals surface area contributed by atoms with Crippen LogP contribution in [0.2, 0.25) is 0 Å². The fraction of sp³-hybridized carbons (Fsp3) is 0.0455. The van der Waals surface area contributed by atoms with E-state index in [1.807, 2.05) is 0 Å². The maximum absolute atomic E-state index is 3.53. The Labute approximate surface area is 134 Å². The zero-order valence-electron chi connectivity index (χ0n) is 12.9. The molecule has 1 heteroatoms. The molecule has 0 radical (unpaired) electrons. The number of allylic oxidation sites excluding steroid dienone is 6. The number of benzene rings is 2. The monoisotopic (exact) mass is 293 g/mol. The molecule has 0 amide bonds. The van der Waals surface area contributed by atoms with Gasteiger partial charge in [0.15, 0.2) is 0 Å². The van der Waals surface area contributed by atoms with E-state index in [0.29, 0.717) is 0 Å². The van der Waals surface area contributed by atoms with Gasteiger partial charge in [-0.05, 0) is 41.1 Å². The molecule has 2 aromatic carbocycles. The van der Waals surface area contributed by atoms with Gasteiger partial charge >= 0.3 is 0 Å². The zero-order chi connectivity index (χ0) is 15.4. The predicted octanol–water partition coefficient (Wildman–Crippen LogP) is 5.39. The summed E-state index contributed by atoms with van der Waals surface area (Å²) in [4.78, 5) is 0. The summed E-state index contributed by atoms with van der Waals surface area (Å²) in [7, 11) is 2.15. The van der Waals surface area contributed by atoms with Crippen molar-refractivity contribution in [3.8, 4) is 0 Å². The third kappa shape index (κ3) is 1.75. The highest BCUT2D eigenvalue weighted by molar-refractivity contribution is 6.05. The van der Waals surface area contributed by atoms with Gasteiger partial charge in [-0.15, -0.1) is 5.73 Å². The van der Waals surface area contributed by atoms with Crippen LogP contribution in [0, 0.1) is 0 Å². The first-order valence-electron chi connectivity index (χ1n) is 7.86. The van der Waals surface area contributed by atoms with Crippen LogP contribution in [0.4, 0.5) is 0 Å². The van der Waals surface area contributed by atoms with Crippen LogP contribution >= 0.6 is 0 Å². The number of hydrogen-bond acceptors (Lipinski definition) is 0. The number of nitrogens with zero attached hydrogens (tertiary/aromatic N) is 1. The number of aromatic nitrogens is 1. The van der Waals surface area contributed by atoms with Gasteiger partial charge in [0, 0.05) is 34.7 Å². The van der Waals surface area contributed by atoms with Crippen LogP contribution in [-0.2, 0) is 7.05 Å². The Morgan fingerprint density at radius 2 is 1.65 bits per heavy atom. The molecule has 0 aliphatic heterocycles. The summed E-state index contributed by atoms with van der Waals surface area (Å²) in [6, 6.07) is 13.1. The van der Waals surface area contributed by atoms with E-state index in [0.717, 1.165) is 11.1 Å². The van der Waals surface area contributed by atoms with E-state index in [1.165, 1.54) is 32.9 Å². The van der Waals surface area contributed by atoms with Crippen LogP contribution in [0.15, 0.2) is 78.1 Å². The quantitative estimate of drug-likeness (QED) is 0.489. The maximum Gasteiger partial charge on any atom is 0.0641 e. The molecule has 0 N–H and O–H groups in total. The van der Waals surface area contributed by atoms with Crippen molar-refractivity contribution in [1.82, 2.24) is 4.57 Å². The second-order valence-electron chi connectivity index (χ2n) is 6.08. The molecule has 1 aromatic heterocycles. The number of rotatable bonds is 0. The second-order valence-corrected chi connectivity index (χ2v) is 6.08. The van der Waals surface area contributed by atoms with Gasteiger partial charge < -0.3 is 4.57 Å². The zero-order valence-corrected chi connectivity index (χ0v) is 12.9. The second kappa shape index (κ2) is 4.49. The molecule has 5 rings (SSSR count). The summed E-state index contributed by atoms with van der Waals surface area (Å²) in [5.41, 5.74) is 9.58. The largest absolute Gasteiger partial charge is 0.343 e. The first-order valence-corrected chi connectivity index (χ1v) is 7.86. The Hall–Kier alpha value is -3.02. The number of fused-ring (bicyclic) bond motifs is 5. The van der Waals surface area contributed by atoms with Crippen LogP contribution < -0.4 is 0 Å².